The molecule has 0 saturated carbocycles. The fraction of sp³-hybridized carbons (Fsp3) is 0.889. The number of hydrogen-bond donors (Lipinski definition) is 2. The van der Waals surface area contributed by atoms with Crippen LogP contribution in [0.15, 0.2) is 0 Å². The van der Waals surface area contributed by atoms with E-state index in [0.717, 1.165) is 0 Å². The largest absolute Gasteiger partial charge is 0.383 e. The summed E-state index contributed by atoms with van der Waals surface area (Å²) < 4.78 is 27.1. The first-order chi connectivity index (χ1) is 7.44. The van der Waals surface area contributed by atoms with E-state index in [2.05, 4.69) is 5.32 Å². The molecule has 7 heteroatoms. The maximum absolute atomic E-state index is 11.4. The Morgan fingerprint density at radius 3 is 2.81 bits per heavy atom. The summed E-state index contributed by atoms with van der Waals surface area (Å²) in [6.45, 7) is 0.532. The van der Waals surface area contributed by atoms with Gasteiger partial charge in [0.05, 0.1) is 18.1 Å². The van der Waals surface area contributed by atoms with Gasteiger partial charge in [0.15, 0.2) is 9.84 Å². The fourth-order valence-corrected chi connectivity index (χ4v) is 3.53. The Bertz CT molecular complexity index is 341. The number of carbonyl (C=O) groups excluding carboxylic acids is 1. The molecule has 0 spiro atoms. The van der Waals surface area contributed by atoms with Crippen molar-refractivity contribution in [2.45, 2.75) is 12.5 Å². The lowest BCUT2D eigenvalue weighted by molar-refractivity contribution is -0.123. The van der Waals surface area contributed by atoms with Crippen molar-refractivity contribution in [3.63, 3.8) is 0 Å². The predicted molar refractivity (Wildman–Crippen MR) is 59.6 cm³/mol. The van der Waals surface area contributed by atoms with Gasteiger partial charge in [-0.3, -0.25) is 4.79 Å². The van der Waals surface area contributed by atoms with Crippen molar-refractivity contribution < 1.29 is 17.9 Å². The van der Waals surface area contributed by atoms with Gasteiger partial charge in [0.25, 0.3) is 0 Å². The summed E-state index contributed by atoms with van der Waals surface area (Å²) in [5, 5.41) is 2.64. The van der Waals surface area contributed by atoms with Crippen molar-refractivity contribution in [1.82, 2.24) is 5.32 Å². The summed E-state index contributed by atoms with van der Waals surface area (Å²) in [6.07, 6.45) is 0.613. The van der Waals surface area contributed by atoms with Crippen LogP contribution in [0.25, 0.3) is 0 Å². The maximum atomic E-state index is 11.4. The topological polar surface area (TPSA) is 98.5 Å². The highest BCUT2D eigenvalue weighted by Gasteiger charge is 2.28. The quantitative estimate of drug-likeness (QED) is 0.619. The standard InChI is InChI=1S/C9H18N2O4S/c1-15-5-8(10)9(12)11-4-7-2-3-16(13,14)6-7/h7-8H,2-6,10H2,1H3,(H,11,12). The molecule has 0 radical (unpaired) electrons. The van der Waals surface area contributed by atoms with Gasteiger partial charge in [-0.1, -0.05) is 0 Å². The first kappa shape index (κ1) is 13.4. The van der Waals surface area contributed by atoms with Crippen molar-refractivity contribution in [2.75, 3.05) is 31.8 Å². The Morgan fingerprint density at radius 1 is 1.62 bits per heavy atom. The van der Waals surface area contributed by atoms with Crippen LogP contribution < -0.4 is 11.1 Å². The lowest BCUT2D eigenvalue weighted by Gasteiger charge is -2.13. The molecule has 0 aliphatic carbocycles. The molecule has 1 aliphatic rings. The number of nitrogens with one attached hydrogen (secondary N) is 1. The Labute approximate surface area is 95.4 Å². The van der Waals surface area contributed by atoms with Crippen LogP contribution in [-0.2, 0) is 19.4 Å². The number of amides is 1. The van der Waals surface area contributed by atoms with Crippen LogP contribution in [-0.4, -0.2) is 52.1 Å². The molecule has 6 nitrogen and oxygen atoms in total. The zero-order valence-corrected chi connectivity index (χ0v) is 10.1. The fourth-order valence-electron chi connectivity index (χ4n) is 1.66. The zero-order valence-electron chi connectivity index (χ0n) is 9.31. The van der Waals surface area contributed by atoms with Crippen LogP contribution in [0.4, 0.5) is 0 Å². The van der Waals surface area contributed by atoms with E-state index in [-0.39, 0.29) is 29.9 Å². The van der Waals surface area contributed by atoms with E-state index in [1.165, 1.54) is 7.11 Å². The molecule has 0 aromatic rings. The number of hydrogen-bond acceptors (Lipinski definition) is 5. The third kappa shape index (κ3) is 4.07. The highest BCUT2D eigenvalue weighted by Crippen LogP contribution is 2.17. The average molecular weight is 250 g/mol. The lowest BCUT2D eigenvalue weighted by Crippen LogP contribution is -2.45. The molecular weight excluding hydrogens is 232 g/mol. The third-order valence-corrected chi connectivity index (χ3v) is 4.41. The van der Waals surface area contributed by atoms with Gasteiger partial charge < -0.3 is 15.8 Å². The van der Waals surface area contributed by atoms with Crippen molar-refractivity contribution in [2.24, 2.45) is 11.7 Å². The molecule has 0 aromatic heterocycles. The summed E-state index contributed by atoms with van der Waals surface area (Å²) in [6, 6.07) is -0.692. The molecule has 1 heterocycles. The van der Waals surface area contributed by atoms with Crippen molar-refractivity contribution in [3.05, 3.63) is 0 Å². The molecule has 0 bridgehead atoms. The number of sulfone groups is 1. The summed E-state index contributed by atoms with van der Waals surface area (Å²) in [4.78, 5) is 11.4. The van der Waals surface area contributed by atoms with Gasteiger partial charge in [-0.2, -0.15) is 0 Å². The maximum Gasteiger partial charge on any atom is 0.239 e. The Balaban J connectivity index is 2.28. The summed E-state index contributed by atoms with van der Waals surface area (Å²) >= 11 is 0. The summed E-state index contributed by atoms with van der Waals surface area (Å²) in [7, 11) is -1.41. The Morgan fingerprint density at radius 2 is 2.31 bits per heavy atom. The van der Waals surface area contributed by atoms with Crippen LogP contribution in [0, 0.1) is 5.92 Å². The first-order valence-electron chi connectivity index (χ1n) is 5.17. The molecule has 3 N–H and O–H groups in total. The van der Waals surface area contributed by atoms with E-state index in [9.17, 15) is 13.2 Å². The molecular formula is C9H18N2O4S. The monoisotopic (exact) mass is 250 g/mol. The molecule has 0 aromatic carbocycles. The van der Waals surface area contributed by atoms with Crippen molar-refractivity contribution in [3.8, 4) is 0 Å². The zero-order chi connectivity index (χ0) is 12.2. The highest BCUT2D eigenvalue weighted by atomic mass is 32.2. The number of methoxy groups -OCH3 is 1. The lowest BCUT2D eigenvalue weighted by atomic mass is 10.1. The minimum atomic E-state index is -2.88. The molecule has 1 amide bonds. The second-order valence-electron chi connectivity index (χ2n) is 4.08. The van der Waals surface area contributed by atoms with Crippen molar-refractivity contribution >= 4 is 15.7 Å². The molecule has 1 fully saturated rings. The number of rotatable bonds is 5. The van der Waals surface area contributed by atoms with E-state index in [1.54, 1.807) is 0 Å². The highest BCUT2D eigenvalue weighted by molar-refractivity contribution is 7.91. The van der Waals surface area contributed by atoms with Crippen LogP contribution in [0.1, 0.15) is 6.42 Å². The second kappa shape index (κ2) is 5.60. The Kier molecular flexibility index (Phi) is 4.69. The van der Waals surface area contributed by atoms with Gasteiger partial charge in [-0.05, 0) is 12.3 Å². The van der Waals surface area contributed by atoms with E-state index in [0.29, 0.717) is 13.0 Å². The molecule has 2 unspecified atom stereocenters. The van der Waals surface area contributed by atoms with Gasteiger partial charge in [-0.15, -0.1) is 0 Å². The van der Waals surface area contributed by atoms with Gasteiger partial charge in [0.2, 0.25) is 5.91 Å². The van der Waals surface area contributed by atoms with Gasteiger partial charge in [0.1, 0.15) is 6.04 Å². The Hall–Kier alpha value is -0.660. The van der Waals surface area contributed by atoms with Gasteiger partial charge in [0, 0.05) is 13.7 Å². The van der Waals surface area contributed by atoms with E-state index < -0.39 is 15.9 Å². The average Bonchev–Trinajstić information content (AvgIpc) is 2.55. The van der Waals surface area contributed by atoms with Crippen molar-refractivity contribution in [1.29, 1.82) is 0 Å². The molecule has 1 saturated heterocycles. The minimum absolute atomic E-state index is 0.0173. The van der Waals surface area contributed by atoms with E-state index >= 15 is 0 Å². The smallest absolute Gasteiger partial charge is 0.239 e. The molecule has 1 aliphatic heterocycles. The molecule has 16 heavy (non-hydrogen) atoms. The molecule has 1 rings (SSSR count). The van der Waals surface area contributed by atoms with Crippen LogP contribution >= 0.6 is 0 Å². The minimum Gasteiger partial charge on any atom is -0.383 e. The number of nitrogens with two attached hydrogens (primary N) is 1. The molecule has 2 atom stereocenters. The number of ether oxygens (including phenoxy) is 1. The summed E-state index contributed by atoms with van der Waals surface area (Å²) in [5.41, 5.74) is 5.51. The molecule has 94 valence electrons. The SMILES string of the molecule is COCC(N)C(=O)NCC1CCS(=O)(=O)C1. The van der Waals surface area contributed by atoms with E-state index in [1.807, 2.05) is 0 Å². The van der Waals surface area contributed by atoms with Crippen LogP contribution in [0.2, 0.25) is 0 Å². The van der Waals surface area contributed by atoms with Gasteiger partial charge >= 0.3 is 0 Å². The normalized spacial score (nSPS) is 25.2. The van der Waals surface area contributed by atoms with Crippen LogP contribution in [0.3, 0.4) is 0 Å². The third-order valence-electron chi connectivity index (χ3n) is 2.57. The van der Waals surface area contributed by atoms with E-state index in [4.69, 9.17) is 10.5 Å². The number of carbonyl (C=O) groups is 1. The van der Waals surface area contributed by atoms with Crippen LogP contribution in [0.5, 0.6) is 0 Å². The van der Waals surface area contributed by atoms with Gasteiger partial charge in [-0.25, -0.2) is 8.42 Å². The summed E-state index contributed by atoms with van der Waals surface area (Å²) in [5.74, 6) is 0.0969. The predicted octanol–water partition coefficient (Wildman–Crippen LogP) is -1.49. The first-order valence-corrected chi connectivity index (χ1v) is 6.99. The second-order valence-corrected chi connectivity index (χ2v) is 6.30.